The van der Waals surface area contributed by atoms with Crippen LogP contribution < -0.4 is 19.9 Å². The first-order valence-corrected chi connectivity index (χ1v) is 12.7. The summed E-state index contributed by atoms with van der Waals surface area (Å²) in [6.07, 6.45) is 12.0. The molecular formula is C25H33N9O2. The van der Waals surface area contributed by atoms with E-state index in [4.69, 9.17) is 4.74 Å². The molecule has 2 aliphatic rings. The topological polar surface area (TPSA) is 114 Å². The summed E-state index contributed by atoms with van der Waals surface area (Å²) in [5.41, 5.74) is 0. The van der Waals surface area contributed by atoms with Crippen LogP contribution in [0.25, 0.3) is 5.82 Å². The van der Waals surface area contributed by atoms with Crippen LogP contribution in [0.3, 0.4) is 0 Å². The highest BCUT2D eigenvalue weighted by molar-refractivity contribution is 5.79. The highest BCUT2D eigenvalue weighted by Crippen LogP contribution is 2.23. The van der Waals surface area contributed by atoms with Gasteiger partial charge < -0.3 is 19.9 Å². The summed E-state index contributed by atoms with van der Waals surface area (Å²) in [4.78, 5) is 38.9. The minimum Gasteiger partial charge on any atom is -0.476 e. The molecule has 3 aromatic rings. The third-order valence-electron chi connectivity index (χ3n) is 6.86. The fraction of sp³-hybridized carbons (Fsp3) is 0.520. The lowest BCUT2D eigenvalue weighted by Crippen LogP contribution is -2.41. The van der Waals surface area contributed by atoms with Crippen molar-refractivity contribution in [2.75, 3.05) is 49.1 Å². The van der Waals surface area contributed by atoms with Crippen LogP contribution in [0.4, 0.5) is 11.6 Å². The molecule has 5 rings (SSSR count). The smallest absolute Gasteiger partial charge is 0.223 e. The Morgan fingerprint density at radius 1 is 0.917 bits per heavy atom. The van der Waals surface area contributed by atoms with Crippen LogP contribution in [0.5, 0.6) is 5.88 Å². The number of nitrogens with zero attached hydrogens (tertiary/aromatic N) is 8. The molecule has 0 spiro atoms. The number of piperidine rings is 2. The normalized spacial score (nSPS) is 16.7. The van der Waals surface area contributed by atoms with E-state index in [2.05, 4.69) is 40.0 Å². The quantitative estimate of drug-likeness (QED) is 0.474. The Morgan fingerprint density at radius 2 is 1.61 bits per heavy atom. The zero-order valence-electron chi connectivity index (χ0n) is 20.7. The van der Waals surface area contributed by atoms with Gasteiger partial charge in [0.15, 0.2) is 0 Å². The number of imidazole rings is 1. The molecule has 2 saturated heterocycles. The first-order chi connectivity index (χ1) is 17.7. The minimum atomic E-state index is -0.0109. The van der Waals surface area contributed by atoms with Gasteiger partial charge in [-0.05, 0) is 39.0 Å². The molecule has 1 N–H and O–H groups in total. The molecule has 0 unspecified atom stereocenters. The molecule has 0 radical (unpaired) electrons. The second kappa shape index (κ2) is 11.3. The lowest BCUT2D eigenvalue weighted by atomic mass is 9.96. The SMILES string of the molecule is Cc1nccn1-c1cc(N2CCC(C(=O)NCCOc3cc(N4CCCCC4)ncn3)CC2)ncn1. The fourth-order valence-corrected chi connectivity index (χ4v) is 4.81. The summed E-state index contributed by atoms with van der Waals surface area (Å²) >= 11 is 0. The molecule has 2 fully saturated rings. The molecule has 0 saturated carbocycles. The van der Waals surface area contributed by atoms with Gasteiger partial charge in [0, 0.05) is 56.6 Å². The molecule has 2 aliphatic heterocycles. The van der Waals surface area contributed by atoms with E-state index in [0.29, 0.717) is 19.0 Å². The van der Waals surface area contributed by atoms with Crippen molar-refractivity contribution < 1.29 is 9.53 Å². The van der Waals surface area contributed by atoms with Gasteiger partial charge >= 0.3 is 0 Å². The second-order valence-electron chi connectivity index (χ2n) is 9.24. The molecule has 11 nitrogen and oxygen atoms in total. The largest absolute Gasteiger partial charge is 0.476 e. The molecular weight excluding hydrogens is 458 g/mol. The molecule has 0 aliphatic carbocycles. The maximum Gasteiger partial charge on any atom is 0.223 e. The second-order valence-corrected chi connectivity index (χ2v) is 9.24. The minimum absolute atomic E-state index is 0.0109. The number of carbonyl (C=O) groups is 1. The maximum atomic E-state index is 12.7. The average Bonchev–Trinajstić information content (AvgIpc) is 3.37. The number of anilines is 2. The van der Waals surface area contributed by atoms with Crippen LogP contribution in [0.1, 0.15) is 37.9 Å². The summed E-state index contributed by atoms with van der Waals surface area (Å²) in [6, 6.07) is 3.85. The van der Waals surface area contributed by atoms with Crippen LogP contribution in [0, 0.1) is 12.8 Å². The Morgan fingerprint density at radius 3 is 2.36 bits per heavy atom. The standard InChI is InChI=1S/C25H33N9O2/c1-19-26-7-13-34(19)23-15-21(28-17-30-23)33-11-5-20(6-12-33)25(35)27-8-14-36-24-16-22(29-18-31-24)32-9-3-2-4-10-32/h7,13,15-18,20H,2-6,8-12,14H2,1H3,(H,27,35). The van der Waals surface area contributed by atoms with Gasteiger partial charge in [-0.3, -0.25) is 9.36 Å². The predicted octanol–water partition coefficient (Wildman–Crippen LogP) is 2.16. The summed E-state index contributed by atoms with van der Waals surface area (Å²) in [5, 5.41) is 3.02. The fourth-order valence-electron chi connectivity index (χ4n) is 4.81. The first kappa shape index (κ1) is 24.0. The molecule has 5 heterocycles. The molecule has 36 heavy (non-hydrogen) atoms. The number of hydrogen-bond donors (Lipinski definition) is 1. The number of rotatable bonds is 8. The van der Waals surface area contributed by atoms with Crippen molar-refractivity contribution in [1.29, 1.82) is 0 Å². The van der Waals surface area contributed by atoms with Crippen molar-refractivity contribution in [3.05, 3.63) is 43.0 Å². The van der Waals surface area contributed by atoms with Gasteiger partial charge in [0.1, 0.15) is 42.5 Å². The first-order valence-electron chi connectivity index (χ1n) is 12.7. The third-order valence-corrected chi connectivity index (χ3v) is 6.86. The van der Waals surface area contributed by atoms with Gasteiger partial charge in [0.25, 0.3) is 0 Å². The van der Waals surface area contributed by atoms with Gasteiger partial charge in [-0.1, -0.05) is 0 Å². The number of aromatic nitrogens is 6. The van der Waals surface area contributed by atoms with E-state index in [1.165, 1.54) is 19.3 Å². The van der Waals surface area contributed by atoms with E-state index in [9.17, 15) is 4.79 Å². The number of ether oxygens (including phenoxy) is 1. The van der Waals surface area contributed by atoms with Gasteiger partial charge in [0.05, 0.1) is 6.54 Å². The lowest BCUT2D eigenvalue weighted by molar-refractivity contribution is -0.125. The predicted molar refractivity (Wildman–Crippen MR) is 135 cm³/mol. The summed E-state index contributed by atoms with van der Waals surface area (Å²) in [7, 11) is 0. The molecule has 0 atom stereocenters. The zero-order valence-corrected chi connectivity index (χ0v) is 20.7. The zero-order chi connectivity index (χ0) is 24.7. The maximum absolute atomic E-state index is 12.7. The Labute approximate surface area is 211 Å². The summed E-state index contributed by atoms with van der Waals surface area (Å²) in [6.45, 7) is 6.35. The van der Waals surface area contributed by atoms with Crippen molar-refractivity contribution in [2.45, 2.75) is 39.0 Å². The van der Waals surface area contributed by atoms with Crippen LogP contribution in [-0.4, -0.2) is 74.7 Å². The molecule has 0 bridgehead atoms. The van der Waals surface area contributed by atoms with Gasteiger partial charge in [0.2, 0.25) is 11.8 Å². The Hall–Kier alpha value is -3.76. The van der Waals surface area contributed by atoms with E-state index in [1.807, 2.05) is 29.8 Å². The number of carbonyl (C=O) groups excluding carboxylic acids is 1. The van der Waals surface area contributed by atoms with Gasteiger partial charge in [-0.25, -0.2) is 24.9 Å². The van der Waals surface area contributed by atoms with Crippen molar-refractivity contribution in [3.63, 3.8) is 0 Å². The number of amides is 1. The monoisotopic (exact) mass is 491 g/mol. The van der Waals surface area contributed by atoms with E-state index in [0.717, 1.165) is 62.3 Å². The third kappa shape index (κ3) is 5.72. The Bertz CT molecular complexity index is 1150. The number of aryl methyl sites for hydroxylation is 1. The van der Waals surface area contributed by atoms with E-state index < -0.39 is 0 Å². The molecule has 3 aromatic heterocycles. The van der Waals surface area contributed by atoms with Crippen molar-refractivity contribution >= 4 is 17.5 Å². The number of nitrogens with one attached hydrogen (secondary N) is 1. The molecule has 1 amide bonds. The van der Waals surface area contributed by atoms with E-state index >= 15 is 0 Å². The van der Waals surface area contributed by atoms with Crippen LogP contribution >= 0.6 is 0 Å². The van der Waals surface area contributed by atoms with Crippen molar-refractivity contribution in [1.82, 2.24) is 34.8 Å². The van der Waals surface area contributed by atoms with Crippen LogP contribution in [0.2, 0.25) is 0 Å². The molecule has 11 heteroatoms. The van der Waals surface area contributed by atoms with Crippen LogP contribution in [0.15, 0.2) is 37.2 Å². The van der Waals surface area contributed by atoms with Crippen LogP contribution in [-0.2, 0) is 4.79 Å². The molecule has 190 valence electrons. The van der Waals surface area contributed by atoms with Crippen molar-refractivity contribution in [2.24, 2.45) is 5.92 Å². The highest BCUT2D eigenvalue weighted by atomic mass is 16.5. The van der Waals surface area contributed by atoms with Gasteiger partial charge in [-0.15, -0.1) is 0 Å². The van der Waals surface area contributed by atoms with Gasteiger partial charge in [-0.2, -0.15) is 0 Å². The molecule has 0 aromatic carbocycles. The van der Waals surface area contributed by atoms with E-state index in [1.54, 1.807) is 18.9 Å². The summed E-state index contributed by atoms with van der Waals surface area (Å²) < 4.78 is 7.71. The summed E-state index contributed by atoms with van der Waals surface area (Å²) in [5.74, 6) is 4.06. The van der Waals surface area contributed by atoms with E-state index in [-0.39, 0.29) is 11.8 Å². The van der Waals surface area contributed by atoms with Crippen molar-refractivity contribution in [3.8, 4) is 11.7 Å². The lowest BCUT2D eigenvalue weighted by Gasteiger charge is -2.32. The average molecular weight is 492 g/mol. The number of hydrogen-bond acceptors (Lipinski definition) is 9. The highest BCUT2D eigenvalue weighted by Gasteiger charge is 2.25. The Balaban J connectivity index is 1.05. The Kier molecular flexibility index (Phi) is 7.53.